The Balaban J connectivity index is 1.77. The fourth-order valence-electron chi connectivity index (χ4n) is 1.69. The maximum atomic E-state index is 11.9. The third-order valence-corrected chi connectivity index (χ3v) is 2.87. The molecule has 114 valence electrons. The number of ether oxygens (including phenoxy) is 1. The van der Waals surface area contributed by atoms with Gasteiger partial charge in [-0.2, -0.15) is 0 Å². The van der Waals surface area contributed by atoms with Gasteiger partial charge in [0.2, 0.25) is 5.91 Å². The highest BCUT2D eigenvalue weighted by Crippen LogP contribution is 2.04. The van der Waals surface area contributed by atoms with Crippen LogP contribution in [-0.4, -0.2) is 23.0 Å². The summed E-state index contributed by atoms with van der Waals surface area (Å²) < 4.78 is 5.06. The molecule has 2 N–H and O–H groups in total. The molecule has 2 aromatic rings. The fraction of sp³-hybridized carbons (Fsp3) is 0.188. The molecule has 0 aliphatic carbocycles. The molecule has 1 heterocycles. The minimum Gasteiger partial charge on any atom is -0.445 e. The SMILES string of the molecule is CC(NC(=O)OCc1ccccc1)C(=O)Nc1cccnc1. The van der Waals surface area contributed by atoms with Crippen molar-refractivity contribution in [1.82, 2.24) is 10.3 Å². The Morgan fingerprint density at radius 3 is 2.64 bits per heavy atom. The first-order chi connectivity index (χ1) is 10.6. The van der Waals surface area contributed by atoms with Crippen molar-refractivity contribution in [3.63, 3.8) is 0 Å². The van der Waals surface area contributed by atoms with Crippen LogP contribution in [0.4, 0.5) is 10.5 Å². The predicted molar refractivity (Wildman–Crippen MR) is 82.1 cm³/mol. The number of amides is 2. The van der Waals surface area contributed by atoms with E-state index in [0.29, 0.717) is 5.69 Å². The first-order valence-electron chi connectivity index (χ1n) is 6.83. The minimum atomic E-state index is -0.719. The number of aromatic nitrogens is 1. The number of carbonyl (C=O) groups excluding carboxylic acids is 2. The molecule has 0 radical (unpaired) electrons. The van der Waals surface area contributed by atoms with Gasteiger partial charge in [-0.05, 0) is 24.6 Å². The third-order valence-electron chi connectivity index (χ3n) is 2.87. The number of nitrogens with zero attached hydrogens (tertiary/aromatic N) is 1. The lowest BCUT2D eigenvalue weighted by molar-refractivity contribution is -0.117. The summed E-state index contributed by atoms with van der Waals surface area (Å²) in [6, 6.07) is 12.0. The van der Waals surface area contributed by atoms with Crippen LogP contribution in [0.25, 0.3) is 0 Å². The maximum absolute atomic E-state index is 11.9. The van der Waals surface area contributed by atoms with Gasteiger partial charge >= 0.3 is 6.09 Å². The normalized spacial score (nSPS) is 11.3. The molecule has 2 rings (SSSR count). The smallest absolute Gasteiger partial charge is 0.408 e. The Labute approximate surface area is 128 Å². The van der Waals surface area contributed by atoms with Crippen molar-refractivity contribution in [3.05, 3.63) is 60.4 Å². The standard InChI is InChI=1S/C16H17N3O3/c1-12(15(20)19-14-8-5-9-17-10-14)18-16(21)22-11-13-6-3-2-4-7-13/h2-10,12H,11H2,1H3,(H,18,21)(H,19,20). The summed E-state index contributed by atoms with van der Waals surface area (Å²) in [5.41, 5.74) is 1.45. The summed E-state index contributed by atoms with van der Waals surface area (Å²) in [5, 5.41) is 5.13. The Morgan fingerprint density at radius 1 is 1.18 bits per heavy atom. The summed E-state index contributed by atoms with van der Waals surface area (Å²) in [5.74, 6) is -0.343. The van der Waals surface area contributed by atoms with Crippen LogP contribution in [0.1, 0.15) is 12.5 Å². The first-order valence-corrected chi connectivity index (χ1v) is 6.83. The van der Waals surface area contributed by atoms with Gasteiger partial charge in [0.05, 0.1) is 11.9 Å². The summed E-state index contributed by atoms with van der Waals surface area (Å²) in [6.45, 7) is 1.74. The second kappa shape index (κ2) is 7.78. The monoisotopic (exact) mass is 299 g/mol. The average Bonchev–Trinajstić information content (AvgIpc) is 2.55. The molecule has 1 aromatic heterocycles. The fourth-order valence-corrected chi connectivity index (χ4v) is 1.69. The predicted octanol–water partition coefficient (Wildman–Crippen LogP) is 2.33. The van der Waals surface area contributed by atoms with Crippen LogP contribution in [0.15, 0.2) is 54.9 Å². The summed E-state index contributed by atoms with van der Waals surface area (Å²) in [4.78, 5) is 27.5. The van der Waals surface area contributed by atoms with Crippen molar-refractivity contribution in [2.24, 2.45) is 0 Å². The van der Waals surface area contributed by atoms with Crippen LogP contribution < -0.4 is 10.6 Å². The molecule has 1 unspecified atom stereocenters. The largest absolute Gasteiger partial charge is 0.445 e. The van der Waals surface area contributed by atoms with Gasteiger partial charge in [-0.15, -0.1) is 0 Å². The molecule has 0 fully saturated rings. The molecule has 6 nitrogen and oxygen atoms in total. The van der Waals surface area contributed by atoms with Crippen LogP contribution in [-0.2, 0) is 16.1 Å². The van der Waals surface area contributed by atoms with E-state index in [0.717, 1.165) is 5.56 Å². The van der Waals surface area contributed by atoms with Crippen molar-refractivity contribution in [2.45, 2.75) is 19.6 Å². The number of benzene rings is 1. The lowest BCUT2D eigenvalue weighted by atomic mass is 10.2. The van der Waals surface area contributed by atoms with E-state index in [9.17, 15) is 9.59 Å². The Bertz CT molecular complexity index is 617. The molecule has 0 spiro atoms. The number of hydrogen-bond donors (Lipinski definition) is 2. The molecule has 6 heteroatoms. The number of anilines is 1. The van der Waals surface area contributed by atoms with Crippen LogP contribution >= 0.6 is 0 Å². The molecule has 1 atom stereocenters. The second-order valence-corrected chi connectivity index (χ2v) is 4.66. The van der Waals surface area contributed by atoms with Crippen molar-refractivity contribution >= 4 is 17.7 Å². The van der Waals surface area contributed by atoms with E-state index in [4.69, 9.17) is 4.74 Å². The molecule has 2 amide bonds. The summed E-state index contributed by atoms with van der Waals surface area (Å²) in [6.07, 6.45) is 2.49. The van der Waals surface area contributed by atoms with Crippen LogP contribution in [0.2, 0.25) is 0 Å². The number of pyridine rings is 1. The topological polar surface area (TPSA) is 80.3 Å². The Morgan fingerprint density at radius 2 is 1.95 bits per heavy atom. The molecule has 1 aromatic carbocycles. The molecule has 0 aliphatic rings. The number of rotatable bonds is 5. The van der Waals surface area contributed by atoms with E-state index in [1.807, 2.05) is 30.3 Å². The van der Waals surface area contributed by atoms with E-state index in [2.05, 4.69) is 15.6 Å². The van der Waals surface area contributed by atoms with Crippen molar-refractivity contribution < 1.29 is 14.3 Å². The van der Waals surface area contributed by atoms with E-state index in [1.165, 1.54) is 6.20 Å². The van der Waals surface area contributed by atoms with Gasteiger partial charge in [-0.25, -0.2) is 4.79 Å². The highest BCUT2D eigenvalue weighted by atomic mass is 16.5. The number of nitrogens with one attached hydrogen (secondary N) is 2. The molecule has 22 heavy (non-hydrogen) atoms. The maximum Gasteiger partial charge on any atom is 0.408 e. The van der Waals surface area contributed by atoms with Crippen molar-refractivity contribution in [1.29, 1.82) is 0 Å². The van der Waals surface area contributed by atoms with E-state index in [1.54, 1.807) is 25.3 Å². The van der Waals surface area contributed by atoms with Crippen molar-refractivity contribution in [3.8, 4) is 0 Å². The highest BCUT2D eigenvalue weighted by Gasteiger charge is 2.16. The Kier molecular flexibility index (Phi) is 5.48. The molecule has 0 bridgehead atoms. The van der Waals surface area contributed by atoms with Gasteiger partial charge in [0.1, 0.15) is 12.6 Å². The van der Waals surface area contributed by atoms with Gasteiger partial charge in [0, 0.05) is 6.20 Å². The highest BCUT2D eigenvalue weighted by molar-refractivity contribution is 5.96. The van der Waals surface area contributed by atoms with Gasteiger partial charge in [0.15, 0.2) is 0 Å². The number of carbonyl (C=O) groups is 2. The van der Waals surface area contributed by atoms with Crippen LogP contribution in [0.3, 0.4) is 0 Å². The molecular weight excluding hydrogens is 282 g/mol. The lowest BCUT2D eigenvalue weighted by Crippen LogP contribution is -2.41. The molecule has 0 saturated carbocycles. The second-order valence-electron chi connectivity index (χ2n) is 4.66. The average molecular weight is 299 g/mol. The number of hydrogen-bond acceptors (Lipinski definition) is 4. The number of alkyl carbamates (subject to hydrolysis) is 1. The minimum absolute atomic E-state index is 0.156. The molecule has 0 saturated heterocycles. The van der Waals surface area contributed by atoms with Gasteiger partial charge in [-0.1, -0.05) is 30.3 Å². The first kappa shape index (κ1) is 15.5. The third kappa shape index (κ3) is 4.90. The van der Waals surface area contributed by atoms with Crippen LogP contribution in [0.5, 0.6) is 0 Å². The zero-order chi connectivity index (χ0) is 15.8. The van der Waals surface area contributed by atoms with E-state index < -0.39 is 12.1 Å². The van der Waals surface area contributed by atoms with E-state index >= 15 is 0 Å². The lowest BCUT2D eigenvalue weighted by Gasteiger charge is -2.14. The van der Waals surface area contributed by atoms with Gasteiger partial charge in [0.25, 0.3) is 0 Å². The summed E-state index contributed by atoms with van der Waals surface area (Å²) in [7, 11) is 0. The molecular formula is C16H17N3O3. The Hall–Kier alpha value is -2.89. The van der Waals surface area contributed by atoms with Gasteiger partial charge < -0.3 is 15.4 Å². The quantitative estimate of drug-likeness (QED) is 0.888. The zero-order valence-electron chi connectivity index (χ0n) is 12.2. The van der Waals surface area contributed by atoms with Crippen LogP contribution in [0, 0.1) is 0 Å². The van der Waals surface area contributed by atoms with Gasteiger partial charge in [-0.3, -0.25) is 9.78 Å². The molecule has 0 aliphatic heterocycles. The zero-order valence-corrected chi connectivity index (χ0v) is 12.2. The van der Waals surface area contributed by atoms with E-state index in [-0.39, 0.29) is 12.5 Å². The van der Waals surface area contributed by atoms with Crippen molar-refractivity contribution in [2.75, 3.05) is 5.32 Å². The summed E-state index contributed by atoms with van der Waals surface area (Å²) >= 11 is 0.